The fourth-order valence-corrected chi connectivity index (χ4v) is 8.27. The second kappa shape index (κ2) is 16.1. The molecule has 0 saturated carbocycles. The molecule has 0 aliphatic rings. The zero-order valence-electron chi connectivity index (χ0n) is 34.2. The van der Waals surface area contributed by atoms with Gasteiger partial charge in [-0.1, -0.05) is 109 Å². The van der Waals surface area contributed by atoms with Crippen LogP contribution >= 0.6 is 0 Å². The van der Waals surface area contributed by atoms with Gasteiger partial charge in [-0.2, -0.15) is 0 Å². The summed E-state index contributed by atoms with van der Waals surface area (Å²) in [6, 6.07) is 69.8. The second-order valence-electron chi connectivity index (χ2n) is 15.4. The predicted octanol–water partition coefficient (Wildman–Crippen LogP) is 14.5. The number of aryl methyl sites for hydroxylation is 2. The number of hydrogen-bond acceptors (Lipinski definition) is 6. The Morgan fingerprint density at radius 1 is 0.306 bits per heavy atom. The summed E-state index contributed by atoms with van der Waals surface area (Å²) in [6.07, 6.45) is 0. The Balaban J connectivity index is 1.00. The van der Waals surface area contributed by atoms with Gasteiger partial charge >= 0.3 is 11.3 Å². The Kier molecular flexibility index (Phi) is 9.87. The summed E-state index contributed by atoms with van der Waals surface area (Å²) < 4.78 is 11.4. The van der Waals surface area contributed by atoms with Crippen molar-refractivity contribution in [1.82, 2.24) is 0 Å². The van der Waals surface area contributed by atoms with Crippen molar-refractivity contribution < 1.29 is 8.83 Å². The minimum Gasteiger partial charge on any atom is -0.423 e. The molecule has 0 unspecified atom stereocenters. The van der Waals surface area contributed by atoms with Gasteiger partial charge in [-0.15, -0.1) is 0 Å². The van der Waals surface area contributed by atoms with Crippen molar-refractivity contribution in [3.05, 3.63) is 238 Å². The Morgan fingerprint density at radius 3 is 0.887 bits per heavy atom. The largest absolute Gasteiger partial charge is 0.423 e. The molecule has 0 spiro atoms. The maximum Gasteiger partial charge on any atom is 0.336 e. The maximum atomic E-state index is 12.4. The first kappa shape index (κ1) is 38.0. The molecule has 0 fully saturated rings. The van der Waals surface area contributed by atoms with Gasteiger partial charge in [0.25, 0.3) is 0 Å². The van der Waals surface area contributed by atoms with Gasteiger partial charge in [0.1, 0.15) is 11.2 Å². The first-order valence-corrected chi connectivity index (χ1v) is 20.6. The van der Waals surface area contributed by atoms with Crippen molar-refractivity contribution in [2.45, 2.75) is 13.8 Å². The molecule has 10 aromatic rings. The Labute approximate surface area is 358 Å². The number of hydrogen-bond donors (Lipinski definition) is 0. The monoisotopic (exact) mass is 804 g/mol. The van der Waals surface area contributed by atoms with Gasteiger partial charge < -0.3 is 18.6 Å². The first-order chi connectivity index (χ1) is 30.3. The molecule has 0 saturated heterocycles. The number of nitrogens with zero attached hydrogens (tertiary/aromatic N) is 2. The van der Waals surface area contributed by atoms with Gasteiger partial charge in [0.2, 0.25) is 0 Å². The van der Waals surface area contributed by atoms with Gasteiger partial charge in [-0.05, 0) is 131 Å². The molecule has 0 aliphatic heterocycles. The highest BCUT2D eigenvalue weighted by Gasteiger charge is 2.18. The van der Waals surface area contributed by atoms with Crippen LogP contribution in [0.3, 0.4) is 0 Å². The third kappa shape index (κ3) is 7.46. The van der Waals surface area contributed by atoms with Crippen LogP contribution in [-0.4, -0.2) is 0 Å². The number of rotatable bonds is 9. The van der Waals surface area contributed by atoms with E-state index in [1.165, 1.54) is 12.1 Å². The van der Waals surface area contributed by atoms with Crippen LogP contribution in [0.5, 0.6) is 0 Å². The molecular weight excluding hydrogens is 765 g/mol. The van der Waals surface area contributed by atoms with Crippen molar-refractivity contribution in [1.29, 1.82) is 0 Å². The van der Waals surface area contributed by atoms with Gasteiger partial charge in [0, 0.05) is 69.2 Å². The highest BCUT2D eigenvalue weighted by molar-refractivity contribution is 5.90. The third-order valence-electron chi connectivity index (χ3n) is 11.4. The molecule has 2 heterocycles. The normalized spacial score (nSPS) is 11.2. The Morgan fingerprint density at radius 2 is 0.581 bits per heavy atom. The molecule has 2 aromatic heterocycles. The van der Waals surface area contributed by atoms with Crippen molar-refractivity contribution in [2.24, 2.45) is 0 Å². The zero-order valence-corrected chi connectivity index (χ0v) is 34.2. The highest BCUT2D eigenvalue weighted by atomic mass is 16.4. The number of fused-ring (bicyclic) bond motifs is 2. The van der Waals surface area contributed by atoms with Gasteiger partial charge in [-0.3, -0.25) is 0 Å². The molecule has 6 nitrogen and oxygen atoms in total. The molecule has 0 atom stereocenters. The van der Waals surface area contributed by atoms with E-state index in [1.54, 1.807) is 0 Å². The quantitative estimate of drug-likeness (QED) is 0.135. The lowest BCUT2D eigenvalue weighted by Gasteiger charge is -2.26. The minimum absolute atomic E-state index is 0.369. The summed E-state index contributed by atoms with van der Waals surface area (Å²) in [6.45, 7) is 3.85. The standard InChI is InChI=1S/C56H40N2O4/c1-37-33-55(59)61-53-35-49(29-31-51(37)53)57(45-21-13-41(14-22-45)39-9-5-3-6-10-39)47-25-17-43(18-26-47)44-19-27-48(28-20-44)58(46-23-15-42(16-24-46)40-11-7-4-8-12-40)50-30-32-52-38(2)34-56(60)62-54(52)36-50/h3-36H,1-2H3. The van der Waals surface area contributed by atoms with Gasteiger partial charge in [0.05, 0.1) is 0 Å². The first-order valence-electron chi connectivity index (χ1n) is 20.6. The SMILES string of the molecule is Cc1cc(=O)oc2cc(N(c3ccc(-c4ccccc4)cc3)c3ccc(-c4ccc(N(c5ccc(-c6ccccc6)cc5)c5ccc6c(C)cc(=O)oc6c5)cc4)cc3)ccc12. The fourth-order valence-electron chi connectivity index (χ4n) is 8.27. The summed E-state index contributed by atoms with van der Waals surface area (Å²) in [5.41, 5.74) is 14.3. The summed E-state index contributed by atoms with van der Waals surface area (Å²) in [5.74, 6) is 0. The molecule has 6 heteroatoms. The molecule has 0 aliphatic carbocycles. The maximum absolute atomic E-state index is 12.4. The highest BCUT2D eigenvalue weighted by Crippen LogP contribution is 2.40. The van der Waals surface area contributed by atoms with Crippen LogP contribution in [0, 0.1) is 13.8 Å². The fraction of sp³-hybridized carbons (Fsp3) is 0.0357. The molecule has 10 rings (SSSR count). The predicted molar refractivity (Wildman–Crippen MR) is 254 cm³/mol. The zero-order chi connectivity index (χ0) is 42.2. The van der Waals surface area contributed by atoms with Gasteiger partial charge in [0.15, 0.2) is 0 Å². The summed E-state index contributed by atoms with van der Waals surface area (Å²) in [7, 11) is 0. The van der Waals surface area contributed by atoms with Crippen molar-refractivity contribution in [3.8, 4) is 33.4 Å². The average molecular weight is 805 g/mol. The lowest BCUT2D eigenvalue weighted by molar-refractivity contribution is 0.559. The van der Waals surface area contributed by atoms with Crippen molar-refractivity contribution in [2.75, 3.05) is 9.80 Å². The molecule has 0 radical (unpaired) electrons. The lowest BCUT2D eigenvalue weighted by Crippen LogP contribution is -2.10. The molecular formula is C56H40N2O4. The van der Waals surface area contributed by atoms with Crippen LogP contribution in [-0.2, 0) is 0 Å². The van der Waals surface area contributed by atoms with Crippen molar-refractivity contribution in [3.63, 3.8) is 0 Å². The summed E-state index contributed by atoms with van der Waals surface area (Å²) in [5, 5.41) is 1.80. The van der Waals surface area contributed by atoms with Crippen LogP contribution in [0.2, 0.25) is 0 Å². The van der Waals surface area contributed by atoms with Crippen LogP contribution in [0.15, 0.2) is 225 Å². The molecule has 0 amide bonds. The Bertz CT molecular complexity index is 3090. The molecule has 0 N–H and O–H groups in total. The topological polar surface area (TPSA) is 66.9 Å². The smallest absolute Gasteiger partial charge is 0.336 e. The average Bonchev–Trinajstić information content (AvgIpc) is 3.30. The lowest BCUT2D eigenvalue weighted by atomic mass is 10.0. The van der Waals surface area contributed by atoms with E-state index in [4.69, 9.17) is 8.83 Å². The van der Waals surface area contributed by atoms with Crippen LogP contribution in [0.4, 0.5) is 34.1 Å². The van der Waals surface area contributed by atoms with E-state index in [-0.39, 0.29) is 11.3 Å². The van der Waals surface area contributed by atoms with E-state index < -0.39 is 0 Å². The minimum atomic E-state index is -0.369. The number of benzene rings is 8. The van der Waals surface area contributed by atoms with E-state index in [9.17, 15) is 9.59 Å². The summed E-state index contributed by atoms with van der Waals surface area (Å²) in [4.78, 5) is 29.2. The van der Waals surface area contributed by atoms with E-state index in [0.717, 1.165) is 89.4 Å². The van der Waals surface area contributed by atoms with E-state index in [0.29, 0.717) is 11.2 Å². The van der Waals surface area contributed by atoms with Crippen LogP contribution < -0.4 is 21.1 Å². The van der Waals surface area contributed by atoms with E-state index in [1.807, 2.05) is 74.5 Å². The molecule has 298 valence electrons. The summed E-state index contributed by atoms with van der Waals surface area (Å²) >= 11 is 0. The number of anilines is 6. The third-order valence-corrected chi connectivity index (χ3v) is 11.4. The van der Waals surface area contributed by atoms with Gasteiger partial charge in [-0.25, -0.2) is 9.59 Å². The Hall–Kier alpha value is -8.22. The van der Waals surface area contributed by atoms with Crippen LogP contribution in [0.1, 0.15) is 11.1 Å². The molecule has 8 aromatic carbocycles. The molecule has 0 bridgehead atoms. The van der Waals surface area contributed by atoms with E-state index >= 15 is 0 Å². The van der Waals surface area contributed by atoms with Crippen LogP contribution in [0.25, 0.3) is 55.3 Å². The van der Waals surface area contributed by atoms with E-state index in [2.05, 4.69) is 143 Å². The molecule has 62 heavy (non-hydrogen) atoms. The second-order valence-corrected chi connectivity index (χ2v) is 15.4. The van der Waals surface area contributed by atoms with Crippen molar-refractivity contribution >= 4 is 56.1 Å².